The van der Waals surface area contributed by atoms with Crippen LogP contribution in [0.2, 0.25) is 0 Å². The molecule has 1 aromatic carbocycles. The Morgan fingerprint density at radius 3 is 2.65 bits per heavy atom. The van der Waals surface area contributed by atoms with Crippen molar-refractivity contribution in [3.8, 4) is 18.1 Å². The summed E-state index contributed by atoms with van der Waals surface area (Å²) in [4.78, 5) is 11.0. The lowest BCUT2D eigenvalue weighted by molar-refractivity contribution is 0.0687. The number of carboxylic acids is 1. The van der Waals surface area contributed by atoms with Crippen molar-refractivity contribution in [2.75, 3.05) is 5.73 Å². The number of rotatable bonds is 3. The van der Waals surface area contributed by atoms with Gasteiger partial charge in [-0.1, -0.05) is 5.92 Å². The zero-order valence-corrected chi connectivity index (χ0v) is 9.45. The predicted molar refractivity (Wildman–Crippen MR) is 61.3 cm³/mol. The van der Waals surface area contributed by atoms with Crippen LogP contribution in [-0.4, -0.2) is 16.7 Å². The van der Waals surface area contributed by atoms with Gasteiger partial charge in [-0.15, -0.1) is 6.42 Å². The van der Waals surface area contributed by atoms with E-state index in [1.165, 1.54) is 6.07 Å². The van der Waals surface area contributed by atoms with Crippen molar-refractivity contribution in [1.82, 2.24) is 0 Å². The lowest BCUT2D eigenvalue weighted by Gasteiger charge is -2.22. The van der Waals surface area contributed by atoms with Crippen LogP contribution in [0.1, 0.15) is 24.2 Å². The second-order valence-corrected chi connectivity index (χ2v) is 3.90. The summed E-state index contributed by atoms with van der Waals surface area (Å²) in [5, 5.41) is 8.96. The third-order valence-electron chi connectivity index (χ3n) is 2.08. The first kappa shape index (κ1) is 12.8. The fraction of sp³-hybridized carbons (Fsp3) is 0.250. The maximum atomic E-state index is 13.2. The Morgan fingerprint density at radius 2 is 2.18 bits per heavy atom. The van der Waals surface area contributed by atoms with Crippen LogP contribution in [0.15, 0.2) is 12.1 Å². The van der Waals surface area contributed by atoms with Gasteiger partial charge in [0.05, 0.1) is 5.69 Å². The maximum absolute atomic E-state index is 13.2. The van der Waals surface area contributed by atoms with E-state index in [4.69, 9.17) is 22.0 Å². The van der Waals surface area contributed by atoms with Gasteiger partial charge >= 0.3 is 5.97 Å². The number of hydrogen-bond donors (Lipinski definition) is 2. The molecule has 0 saturated carbocycles. The standard InChI is InChI=1S/C12H12FNO3/c1-4-12(2,3)17-8-6-5-7(13)10(14)9(8)11(15)16/h1,5-6H,14H2,2-3H3,(H,15,16). The van der Waals surface area contributed by atoms with E-state index in [2.05, 4.69) is 5.92 Å². The Labute approximate surface area is 98.2 Å². The highest BCUT2D eigenvalue weighted by atomic mass is 19.1. The minimum atomic E-state index is -1.37. The quantitative estimate of drug-likeness (QED) is 0.622. The van der Waals surface area contributed by atoms with Gasteiger partial charge in [-0.25, -0.2) is 9.18 Å². The van der Waals surface area contributed by atoms with Crippen LogP contribution < -0.4 is 10.5 Å². The monoisotopic (exact) mass is 237 g/mol. The average molecular weight is 237 g/mol. The predicted octanol–water partition coefficient (Wildman–Crippen LogP) is 1.90. The van der Waals surface area contributed by atoms with Gasteiger partial charge in [-0.05, 0) is 26.0 Å². The van der Waals surface area contributed by atoms with Gasteiger partial charge < -0.3 is 15.6 Å². The third kappa shape index (κ3) is 2.67. The molecule has 1 aromatic rings. The number of nitrogen functional groups attached to an aromatic ring is 1. The van der Waals surface area contributed by atoms with Crippen molar-refractivity contribution in [3.63, 3.8) is 0 Å². The summed E-state index contributed by atoms with van der Waals surface area (Å²) in [6.07, 6.45) is 5.22. The molecule has 3 N–H and O–H groups in total. The molecule has 5 heteroatoms. The molecule has 90 valence electrons. The first-order chi connectivity index (χ1) is 7.78. The average Bonchev–Trinajstić information content (AvgIpc) is 2.23. The van der Waals surface area contributed by atoms with Gasteiger partial charge in [0, 0.05) is 0 Å². The number of anilines is 1. The molecule has 0 aliphatic carbocycles. The highest BCUT2D eigenvalue weighted by molar-refractivity contribution is 5.96. The highest BCUT2D eigenvalue weighted by Crippen LogP contribution is 2.29. The molecule has 0 aromatic heterocycles. The van der Waals surface area contributed by atoms with Crippen molar-refractivity contribution >= 4 is 11.7 Å². The molecule has 0 aliphatic rings. The Morgan fingerprint density at radius 1 is 1.59 bits per heavy atom. The first-order valence-electron chi connectivity index (χ1n) is 4.76. The number of benzene rings is 1. The molecule has 0 heterocycles. The Kier molecular flexibility index (Phi) is 3.28. The molecule has 0 aliphatic heterocycles. The van der Waals surface area contributed by atoms with E-state index in [1.54, 1.807) is 13.8 Å². The second kappa shape index (κ2) is 4.34. The summed E-state index contributed by atoms with van der Waals surface area (Å²) in [5.74, 6) is 0.102. The molecule has 17 heavy (non-hydrogen) atoms. The minimum Gasteiger partial charge on any atom is -0.477 e. The van der Waals surface area contributed by atoms with E-state index in [0.29, 0.717) is 0 Å². The highest BCUT2D eigenvalue weighted by Gasteiger charge is 2.23. The van der Waals surface area contributed by atoms with E-state index >= 15 is 0 Å². The molecule has 0 radical (unpaired) electrons. The number of ether oxygens (including phenoxy) is 1. The molecular weight excluding hydrogens is 225 g/mol. The molecule has 0 bridgehead atoms. The van der Waals surface area contributed by atoms with Crippen molar-refractivity contribution in [1.29, 1.82) is 0 Å². The second-order valence-electron chi connectivity index (χ2n) is 3.90. The van der Waals surface area contributed by atoms with Crippen molar-refractivity contribution < 1.29 is 19.0 Å². The lowest BCUT2D eigenvalue weighted by Crippen LogP contribution is -2.26. The van der Waals surface area contributed by atoms with Gasteiger partial charge in [0.2, 0.25) is 0 Å². The van der Waals surface area contributed by atoms with Crippen LogP contribution in [0.4, 0.5) is 10.1 Å². The van der Waals surface area contributed by atoms with Gasteiger partial charge in [-0.3, -0.25) is 0 Å². The number of nitrogens with two attached hydrogens (primary N) is 1. The Hall–Kier alpha value is -2.22. The van der Waals surface area contributed by atoms with Crippen molar-refractivity contribution in [3.05, 3.63) is 23.5 Å². The topological polar surface area (TPSA) is 72.5 Å². The fourth-order valence-corrected chi connectivity index (χ4v) is 1.18. The molecule has 0 atom stereocenters. The van der Waals surface area contributed by atoms with Crippen LogP contribution in [-0.2, 0) is 0 Å². The van der Waals surface area contributed by atoms with Crippen LogP contribution in [0.3, 0.4) is 0 Å². The molecule has 0 amide bonds. The van der Waals surface area contributed by atoms with Crippen LogP contribution in [0, 0.1) is 18.2 Å². The Bertz CT molecular complexity index is 503. The number of terminal acetylenes is 1. The SMILES string of the molecule is C#CC(C)(C)Oc1ccc(F)c(N)c1C(=O)O. The zero-order chi connectivity index (χ0) is 13.2. The van der Waals surface area contributed by atoms with Crippen LogP contribution in [0.5, 0.6) is 5.75 Å². The number of carboxylic acid groups (broad SMARTS) is 1. The van der Waals surface area contributed by atoms with Crippen molar-refractivity contribution in [2.45, 2.75) is 19.4 Å². The van der Waals surface area contributed by atoms with E-state index in [1.807, 2.05) is 0 Å². The lowest BCUT2D eigenvalue weighted by atomic mass is 10.1. The van der Waals surface area contributed by atoms with Crippen molar-refractivity contribution in [2.24, 2.45) is 0 Å². The first-order valence-corrected chi connectivity index (χ1v) is 4.76. The largest absolute Gasteiger partial charge is 0.477 e. The normalized spacial score (nSPS) is 10.7. The number of hydrogen-bond acceptors (Lipinski definition) is 3. The zero-order valence-electron chi connectivity index (χ0n) is 9.45. The van der Waals surface area contributed by atoms with Crippen LogP contribution in [0.25, 0.3) is 0 Å². The maximum Gasteiger partial charge on any atom is 0.341 e. The fourth-order valence-electron chi connectivity index (χ4n) is 1.18. The molecule has 0 fully saturated rings. The van der Waals surface area contributed by atoms with E-state index in [9.17, 15) is 9.18 Å². The third-order valence-corrected chi connectivity index (χ3v) is 2.08. The minimum absolute atomic E-state index is 0.0562. The molecule has 0 saturated heterocycles. The Balaban J connectivity index is 3.31. The van der Waals surface area contributed by atoms with Gasteiger partial charge in [0.1, 0.15) is 17.1 Å². The van der Waals surface area contributed by atoms with Gasteiger partial charge in [0.15, 0.2) is 5.60 Å². The van der Waals surface area contributed by atoms with E-state index < -0.39 is 28.6 Å². The van der Waals surface area contributed by atoms with E-state index in [0.717, 1.165) is 6.07 Å². The smallest absolute Gasteiger partial charge is 0.341 e. The summed E-state index contributed by atoms with van der Waals surface area (Å²) in [6.45, 7) is 3.16. The summed E-state index contributed by atoms with van der Waals surface area (Å²) >= 11 is 0. The summed E-state index contributed by atoms with van der Waals surface area (Å²) in [5.41, 5.74) is 3.46. The molecule has 0 unspecified atom stereocenters. The van der Waals surface area contributed by atoms with Crippen LogP contribution >= 0.6 is 0 Å². The van der Waals surface area contributed by atoms with Gasteiger partial charge in [0.25, 0.3) is 0 Å². The molecule has 0 spiro atoms. The molecular formula is C12H12FNO3. The van der Waals surface area contributed by atoms with E-state index in [-0.39, 0.29) is 5.75 Å². The number of carbonyl (C=O) groups is 1. The summed E-state index contributed by atoms with van der Waals surface area (Å²) in [7, 11) is 0. The number of aromatic carboxylic acids is 1. The summed E-state index contributed by atoms with van der Waals surface area (Å²) < 4.78 is 18.5. The molecule has 1 rings (SSSR count). The summed E-state index contributed by atoms with van der Waals surface area (Å²) in [6, 6.07) is 2.22. The molecule has 4 nitrogen and oxygen atoms in total. The number of halogens is 1. The van der Waals surface area contributed by atoms with Gasteiger partial charge in [-0.2, -0.15) is 0 Å².